The molecule has 0 saturated carbocycles. The third kappa shape index (κ3) is 1.77. The summed E-state index contributed by atoms with van der Waals surface area (Å²) in [5.41, 5.74) is 0.862. The molecule has 2 rings (SSSR count). The molecule has 2 nitrogen and oxygen atoms in total. The summed E-state index contributed by atoms with van der Waals surface area (Å²) in [5, 5.41) is 9.41. The first-order valence-corrected chi connectivity index (χ1v) is 4.71. The third-order valence-corrected chi connectivity index (χ3v) is 2.42. The van der Waals surface area contributed by atoms with Crippen LogP contribution < -0.4 is 0 Å². The van der Waals surface area contributed by atoms with Crippen molar-refractivity contribution < 1.29 is 4.39 Å². The monoisotopic (exact) mass is 220 g/mol. The summed E-state index contributed by atoms with van der Waals surface area (Å²) in [6.07, 6.45) is 0.179. The number of hydrogen-bond donors (Lipinski definition) is 0. The van der Waals surface area contributed by atoms with Crippen LogP contribution in [0, 0.1) is 17.1 Å². The SMILES string of the molecule is N#CCc1cc2cccc(F)c2nc1Cl. The van der Waals surface area contributed by atoms with Crippen molar-refractivity contribution in [1.29, 1.82) is 5.26 Å². The lowest BCUT2D eigenvalue weighted by atomic mass is 10.1. The lowest BCUT2D eigenvalue weighted by molar-refractivity contribution is 0.637. The van der Waals surface area contributed by atoms with E-state index < -0.39 is 5.82 Å². The zero-order chi connectivity index (χ0) is 10.8. The highest BCUT2D eigenvalue weighted by Crippen LogP contribution is 2.22. The van der Waals surface area contributed by atoms with Crippen molar-refractivity contribution in [2.75, 3.05) is 0 Å². The predicted octanol–water partition coefficient (Wildman–Crippen LogP) is 3.09. The van der Waals surface area contributed by atoms with Crippen LogP contribution >= 0.6 is 11.6 Å². The molecule has 0 saturated heterocycles. The second-order valence-corrected chi connectivity index (χ2v) is 3.44. The minimum absolute atomic E-state index is 0.179. The summed E-state index contributed by atoms with van der Waals surface area (Å²) in [4.78, 5) is 3.93. The molecule has 1 heterocycles. The predicted molar refractivity (Wildman–Crippen MR) is 56.0 cm³/mol. The molecule has 0 spiro atoms. The van der Waals surface area contributed by atoms with Gasteiger partial charge in [-0.3, -0.25) is 0 Å². The molecular formula is C11H6ClFN2. The topological polar surface area (TPSA) is 36.7 Å². The number of para-hydroxylation sites is 1. The molecule has 0 atom stereocenters. The minimum atomic E-state index is -0.405. The normalized spacial score (nSPS) is 10.2. The van der Waals surface area contributed by atoms with E-state index in [4.69, 9.17) is 16.9 Å². The molecule has 15 heavy (non-hydrogen) atoms. The summed E-state index contributed by atoms with van der Waals surface area (Å²) in [5.74, 6) is -0.405. The van der Waals surface area contributed by atoms with E-state index in [9.17, 15) is 4.39 Å². The van der Waals surface area contributed by atoms with Crippen LogP contribution in [0.2, 0.25) is 5.15 Å². The van der Waals surface area contributed by atoms with Crippen LogP contribution in [0.3, 0.4) is 0 Å². The Morgan fingerprint density at radius 1 is 1.47 bits per heavy atom. The largest absolute Gasteiger partial charge is 0.233 e. The molecule has 0 N–H and O–H groups in total. The maximum atomic E-state index is 13.3. The second kappa shape index (κ2) is 3.84. The fourth-order valence-electron chi connectivity index (χ4n) is 1.39. The van der Waals surface area contributed by atoms with Gasteiger partial charge in [-0.05, 0) is 12.1 Å². The van der Waals surface area contributed by atoms with Gasteiger partial charge in [0.1, 0.15) is 16.5 Å². The maximum Gasteiger partial charge on any atom is 0.149 e. The van der Waals surface area contributed by atoms with E-state index in [0.717, 1.165) is 0 Å². The molecule has 0 unspecified atom stereocenters. The van der Waals surface area contributed by atoms with Gasteiger partial charge in [-0.15, -0.1) is 0 Å². The van der Waals surface area contributed by atoms with Gasteiger partial charge in [0, 0.05) is 10.9 Å². The Morgan fingerprint density at radius 2 is 2.27 bits per heavy atom. The number of pyridine rings is 1. The Bertz CT molecular complexity index is 560. The van der Waals surface area contributed by atoms with E-state index in [-0.39, 0.29) is 17.1 Å². The van der Waals surface area contributed by atoms with E-state index in [1.165, 1.54) is 6.07 Å². The molecule has 4 heteroatoms. The zero-order valence-corrected chi connectivity index (χ0v) is 8.42. The number of hydrogen-bond acceptors (Lipinski definition) is 2. The van der Waals surface area contributed by atoms with Gasteiger partial charge < -0.3 is 0 Å². The highest BCUT2D eigenvalue weighted by molar-refractivity contribution is 6.30. The molecule has 0 radical (unpaired) electrons. The molecule has 0 bridgehead atoms. The van der Waals surface area contributed by atoms with Crippen LogP contribution in [-0.2, 0) is 6.42 Å². The summed E-state index contributed by atoms with van der Waals surface area (Å²) >= 11 is 5.83. The fourth-order valence-corrected chi connectivity index (χ4v) is 1.60. The van der Waals surface area contributed by atoms with Crippen LogP contribution in [0.15, 0.2) is 24.3 Å². The van der Waals surface area contributed by atoms with Gasteiger partial charge in [0.05, 0.1) is 12.5 Å². The molecule has 0 aliphatic heterocycles. The highest BCUT2D eigenvalue weighted by atomic mass is 35.5. The van der Waals surface area contributed by atoms with E-state index in [1.807, 2.05) is 6.07 Å². The molecule has 0 amide bonds. The summed E-state index contributed by atoms with van der Waals surface area (Å²) in [6.45, 7) is 0. The van der Waals surface area contributed by atoms with Gasteiger partial charge in [-0.1, -0.05) is 23.7 Å². The molecule has 1 aromatic heterocycles. The second-order valence-electron chi connectivity index (χ2n) is 3.08. The fraction of sp³-hybridized carbons (Fsp3) is 0.0909. The van der Waals surface area contributed by atoms with Gasteiger partial charge >= 0.3 is 0 Å². The summed E-state index contributed by atoms with van der Waals surface area (Å²) < 4.78 is 13.3. The average molecular weight is 221 g/mol. The van der Waals surface area contributed by atoms with Gasteiger partial charge in [0.25, 0.3) is 0 Å². The summed E-state index contributed by atoms with van der Waals surface area (Å²) in [6, 6.07) is 8.35. The number of halogens is 2. The zero-order valence-electron chi connectivity index (χ0n) is 7.67. The van der Waals surface area contributed by atoms with Crippen LogP contribution in [-0.4, -0.2) is 4.98 Å². The van der Waals surface area contributed by atoms with Gasteiger partial charge in [-0.25, -0.2) is 9.37 Å². The number of nitrogens with zero attached hydrogens (tertiary/aromatic N) is 2. The molecule has 2 aromatic rings. The average Bonchev–Trinajstić information content (AvgIpc) is 2.21. The number of nitriles is 1. The van der Waals surface area contributed by atoms with Crippen molar-refractivity contribution >= 4 is 22.5 Å². The lowest BCUT2D eigenvalue weighted by Gasteiger charge is -2.03. The van der Waals surface area contributed by atoms with Crippen molar-refractivity contribution in [3.8, 4) is 6.07 Å². The highest BCUT2D eigenvalue weighted by Gasteiger charge is 2.07. The quantitative estimate of drug-likeness (QED) is 0.693. The first-order chi connectivity index (χ1) is 7.22. The van der Waals surface area contributed by atoms with E-state index in [0.29, 0.717) is 10.9 Å². The number of rotatable bonds is 1. The van der Waals surface area contributed by atoms with Gasteiger partial charge in [0.2, 0.25) is 0 Å². The Morgan fingerprint density at radius 3 is 3.00 bits per heavy atom. The minimum Gasteiger partial charge on any atom is -0.233 e. The number of benzene rings is 1. The molecule has 74 valence electrons. The molecule has 0 fully saturated rings. The molecular weight excluding hydrogens is 215 g/mol. The number of fused-ring (bicyclic) bond motifs is 1. The van der Waals surface area contributed by atoms with Crippen LogP contribution in [0.1, 0.15) is 5.56 Å². The Hall–Kier alpha value is -1.66. The summed E-state index contributed by atoms with van der Waals surface area (Å²) in [7, 11) is 0. The van der Waals surface area contributed by atoms with Crippen molar-refractivity contribution in [1.82, 2.24) is 4.98 Å². The third-order valence-electron chi connectivity index (χ3n) is 2.09. The molecule has 1 aromatic carbocycles. The van der Waals surface area contributed by atoms with E-state index in [2.05, 4.69) is 4.98 Å². The van der Waals surface area contributed by atoms with Crippen molar-refractivity contribution in [3.63, 3.8) is 0 Å². The maximum absolute atomic E-state index is 13.3. The van der Waals surface area contributed by atoms with Crippen molar-refractivity contribution in [3.05, 3.63) is 40.8 Å². The number of aromatic nitrogens is 1. The Kier molecular flexibility index (Phi) is 2.53. The van der Waals surface area contributed by atoms with Crippen LogP contribution in [0.5, 0.6) is 0 Å². The molecule has 0 aliphatic carbocycles. The van der Waals surface area contributed by atoms with Crippen LogP contribution in [0.4, 0.5) is 4.39 Å². The first kappa shape index (κ1) is 9.88. The smallest absolute Gasteiger partial charge is 0.149 e. The Labute approximate surface area is 90.9 Å². The van der Waals surface area contributed by atoms with E-state index >= 15 is 0 Å². The van der Waals surface area contributed by atoms with Gasteiger partial charge in [0.15, 0.2) is 0 Å². The van der Waals surface area contributed by atoms with Crippen molar-refractivity contribution in [2.45, 2.75) is 6.42 Å². The van der Waals surface area contributed by atoms with Gasteiger partial charge in [-0.2, -0.15) is 5.26 Å². The first-order valence-electron chi connectivity index (χ1n) is 4.33. The molecule has 0 aliphatic rings. The standard InChI is InChI=1S/C11H6ClFN2/c12-11-8(4-5-14)6-7-2-1-3-9(13)10(7)15-11/h1-3,6H,4H2. The van der Waals surface area contributed by atoms with Crippen LogP contribution in [0.25, 0.3) is 10.9 Å². The van der Waals surface area contributed by atoms with E-state index in [1.54, 1.807) is 18.2 Å². The van der Waals surface area contributed by atoms with Crippen molar-refractivity contribution in [2.24, 2.45) is 0 Å². The Balaban J connectivity index is 2.72. The lowest BCUT2D eigenvalue weighted by Crippen LogP contribution is -1.91.